The van der Waals surface area contributed by atoms with E-state index in [1.807, 2.05) is 6.92 Å². The first-order chi connectivity index (χ1) is 8.95. The van der Waals surface area contributed by atoms with Gasteiger partial charge in [0, 0.05) is 6.42 Å². The minimum Gasteiger partial charge on any atom is -0.464 e. The third-order valence-electron chi connectivity index (χ3n) is 2.88. The molecule has 0 aliphatic heterocycles. The maximum absolute atomic E-state index is 14.8. The van der Waals surface area contributed by atoms with Gasteiger partial charge in [-0.2, -0.15) is 0 Å². The first kappa shape index (κ1) is 15.4. The minimum atomic E-state index is -2.51. The topological polar surface area (TPSA) is 46.5 Å². The van der Waals surface area contributed by atoms with Crippen molar-refractivity contribution >= 4 is 5.97 Å². The van der Waals surface area contributed by atoms with E-state index in [0.29, 0.717) is 5.56 Å². The number of rotatable bonds is 6. The van der Waals surface area contributed by atoms with Crippen LogP contribution < -0.4 is 0 Å². The minimum absolute atomic E-state index is 0.0578. The van der Waals surface area contributed by atoms with Gasteiger partial charge in [0.25, 0.3) is 0 Å². The maximum Gasteiger partial charge on any atom is 0.347 e. The van der Waals surface area contributed by atoms with Crippen LogP contribution in [0.25, 0.3) is 0 Å². The second kappa shape index (κ2) is 6.48. The fraction of sp³-hybridized carbons (Fsp3) is 0.400. The monoisotopic (exact) mass is 266 g/mol. The number of allylic oxidation sites excluding steroid dienone is 1. The normalized spacial score (nSPS) is 15.4. The van der Waals surface area contributed by atoms with Crippen LogP contribution in [0.4, 0.5) is 4.39 Å². The molecule has 0 bridgehead atoms. The molecule has 0 spiro atoms. The predicted octanol–water partition coefficient (Wildman–Crippen LogP) is 2.88. The van der Waals surface area contributed by atoms with Crippen molar-refractivity contribution in [1.82, 2.24) is 0 Å². The highest BCUT2D eigenvalue weighted by Crippen LogP contribution is 2.34. The Balaban J connectivity index is 3.06. The van der Waals surface area contributed by atoms with Crippen molar-refractivity contribution in [3.63, 3.8) is 0 Å². The molecule has 1 N–H and O–H groups in total. The van der Waals surface area contributed by atoms with E-state index in [4.69, 9.17) is 4.74 Å². The van der Waals surface area contributed by atoms with Crippen LogP contribution in [-0.2, 0) is 9.53 Å². The number of alkyl halides is 1. The number of carbonyl (C=O) groups excluding carboxylic acids is 1. The number of esters is 1. The average Bonchev–Trinajstić information content (AvgIpc) is 2.39. The number of carbonyl (C=O) groups is 1. The van der Waals surface area contributed by atoms with Gasteiger partial charge in [-0.1, -0.05) is 35.9 Å². The van der Waals surface area contributed by atoms with Crippen LogP contribution >= 0.6 is 0 Å². The number of aliphatic hydroxyl groups excluding tert-OH is 1. The summed E-state index contributed by atoms with van der Waals surface area (Å²) in [6.45, 7) is 6.95. The number of halogens is 1. The number of hydrogen-bond donors (Lipinski definition) is 1. The van der Waals surface area contributed by atoms with Gasteiger partial charge >= 0.3 is 5.97 Å². The molecule has 4 heteroatoms. The van der Waals surface area contributed by atoms with Gasteiger partial charge in [0.05, 0.1) is 6.61 Å². The second-order valence-corrected chi connectivity index (χ2v) is 4.39. The highest BCUT2D eigenvalue weighted by Gasteiger charge is 2.47. The molecule has 0 radical (unpaired) electrons. The summed E-state index contributed by atoms with van der Waals surface area (Å²) < 4.78 is 19.5. The number of benzene rings is 1. The summed E-state index contributed by atoms with van der Waals surface area (Å²) in [6.07, 6.45) is -0.625. The lowest BCUT2D eigenvalue weighted by molar-refractivity contribution is -0.166. The van der Waals surface area contributed by atoms with E-state index in [1.54, 1.807) is 31.2 Å². The molecule has 0 saturated carbocycles. The Bertz CT molecular complexity index is 441. The molecule has 1 rings (SSSR count). The van der Waals surface area contributed by atoms with E-state index < -0.39 is 17.7 Å². The van der Waals surface area contributed by atoms with Gasteiger partial charge in [0.1, 0.15) is 6.10 Å². The van der Waals surface area contributed by atoms with Crippen LogP contribution in [0.3, 0.4) is 0 Å². The van der Waals surface area contributed by atoms with Crippen molar-refractivity contribution in [2.75, 3.05) is 6.61 Å². The maximum atomic E-state index is 14.8. The molecule has 1 aromatic rings. The summed E-state index contributed by atoms with van der Waals surface area (Å²) >= 11 is 0. The Morgan fingerprint density at radius 3 is 2.58 bits per heavy atom. The smallest absolute Gasteiger partial charge is 0.347 e. The molecule has 0 amide bonds. The molecule has 0 aliphatic carbocycles. The number of hydrogen-bond acceptors (Lipinski definition) is 3. The Labute approximate surface area is 112 Å². The van der Waals surface area contributed by atoms with Crippen molar-refractivity contribution in [3.8, 4) is 0 Å². The Kier molecular flexibility index (Phi) is 5.24. The van der Waals surface area contributed by atoms with Crippen LogP contribution in [0.1, 0.15) is 30.6 Å². The van der Waals surface area contributed by atoms with Crippen LogP contribution in [0, 0.1) is 6.92 Å². The molecule has 0 aromatic heterocycles. The van der Waals surface area contributed by atoms with Crippen LogP contribution in [0.2, 0.25) is 0 Å². The molecule has 19 heavy (non-hydrogen) atoms. The van der Waals surface area contributed by atoms with Gasteiger partial charge in [0.15, 0.2) is 0 Å². The lowest BCUT2D eigenvalue weighted by Crippen LogP contribution is -2.41. The Hall–Kier alpha value is -1.68. The molecule has 2 atom stereocenters. The van der Waals surface area contributed by atoms with Crippen molar-refractivity contribution < 1.29 is 19.0 Å². The molecule has 104 valence electrons. The van der Waals surface area contributed by atoms with Crippen LogP contribution in [0.5, 0.6) is 0 Å². The fourth-order valence-electron chi connectivity index (χ4n) is 1.78. The average molecular weight is 266 g/mol. The molecular formula is C15H19FO3. The predicted molar refractivity (Wildman–Crippen MR) is 71.4 cm³/mol. The molecule has 0 unspecified atom stereocenters. The molecule has 1 aromatic carbocycles. The van der Waals surface area contributed by atoms with Gasteiger partial charge in [0.2, 0.25) is 5.67 Å². The summed E-state index contributed by atoms with van der Waals surface area (Å²) in [6, 6.07) is 6.68. The third kappa shape index (κ3) is 3.41. The van der Waals surface area contributed by atoms with Crippen molar-refractivity contribution in [1.29, 1.82) is 0 Å². The standard InChI is InChI=1S/C15H19FO3/c1-4-10-15(16,14(18)19-5-2)13(17)12-8-6-11(3)7-9-12/h4,6-9,13,17H,1,5,10H2,2-3H3/t13-,15+/m1/s1. The first-order valence-corrected chi connectivity index (χ1v) is 6.17. The van der Waals surface area contributed by atoms with E-state index >= 15 is 0 Å². The van der Waals surface area contributed by atoms with Gasteiger partial charge < -0.3 is 9.84 Å². The van der Waals surface area contributed by atoms with E-state index in [1.165, 1.54) is 6.08 Å². The quantitative estimate of drug-likeness (QED) is 0.636. The first-order valence-electron chi connectivity index (χ1n) is 6.17. The van der Waals surface area contributed by atoms with E-state index in [9.17, 15) is 14.3 Å². The lowest BCUT2D eigenvalue weighted by Gasteiger charge is -2.27. The molecule has 0 aliphatic rings. The summed E-state index contributed by atoms with van der Waals surface area (Å²) in [7, 11) is 0. The molecular weight excluding hydrogens is 247 g/mol. The summed E-state index contributed by atoms with van der Waals surface area (Å²) in [5, 5.41) is 10.1. The largest absolute Gasteiger partial charge is 0.464 e. The zero-order valence-corrected chi connectivity index (χ0v) is 11.2. The van der Waals surface area contributed by atoms with Gasteiger partial charge in [-0.05, 0) is 19.4 Å². The molecule has 3 nitrogen and oxygen atoms in total. The molecule has 0 fully saturated rings. The molecule has 0 saturated heterocycles. The number of aliphatic hydroxyl groups is 1. The second-order valence-electron chi connectivity index (χ2n) is 4.39. The van der Waals surface area contributed by atoms with Gasteiger partial charge in [-0.3, -0.25) is 0 Å². The Morgan fingerprint density at radius 1 is 1.53 bits per heavy atom. The van der Waals surface area contributed by atoms with Gasteiger partial charge in [-0.15, -0.1) is 6.58 Å². The summed E-state index contributed by atoms with van der Waals surface area (Å²) in [5.74, 6) is -1.07. The van der Waals surface area contributed by atoms with Crippen molar-refractivity contribution in [2.45, 2.75) is 32.0 Å². The Morgan fingerprint density at radius 2 is 2.11 bits per heavy atom. The van der Waals surface area contributed by atoms with E-state index in [0.717, 1.165) is 5.56 Å². The van der Waals surface area contributed by atoms with Crippen LogP contribution in [-0.4, -0.2) is 23.4 Å². The van der Waals surface area contributed by atoms with E-state index in [-0.39, 0.29) is 13.0 Å². The highest BCUT2D eigenvalue weighted by molar-refractivity contribution is 5.80. The fourth-order valence-corrected chi connectivity index (χ4v) is 1.78. The number of aryl methyl sites for hydroxylation is 1. The highest BCUT2D eigenvalue weighted by atomic mass is 19.1. The summed E-state index contributed by atoms with van der Waals surface area (Å²) in [5.41, 5.74) is -1.18. The zero-order chi connectivity index (χ0) is 14.5. The number of ether oxygens (including phenoxy) is 1. The van der Waals surface area contributed by atoms with Crippen LogP contribution in [0.15, 0.2) is 36.9 Å². The molecule has 0 heterocycles. The lowest BCUT2D eigenvalue weighted by atomic mass is 9.89. The zero-order valence-electron chi connectivity index (χ0n) is 11.2. The van der Waals surface area contributed by atoms with Crippen molar-refractivity contribution in [2.24, 2.45) is 0 Å². The SMILES string of the molecule is C=CC[C@@](F)(C(=O)OCC)[C@H](O)c1ccc(C)cc1. The third-order valence-corrected chi connectivity index (χ3v) is 2.88. The van der Waals surface area contributed by atoms with E-state index in [2.05, 4.69) is 6.58 Å². The van der Waals surface area contributed by atoms with Crippen molar-refractivity contribution in [3.05, 3.63) is 48.0 Å². The summed E-state index contributed by atoms with van der Waals surface area (Å²) in [4.78, 5) is 11.7. The van der Waals surface area contributed by atoms with Gasteiger partial charge in [-0.25, -0.2) is 9.18 Å².